The average molecular weight is 154 g/mol. The summed E-state index contributed by atoms with van der Waals surface area (Å²) in [6, 6.07) is 0. The number of carbonyl (C=O) groups is 1. The van der Waals surface area contributed by atoms with Crippen LogP contribution in [0.2, 0.25) is 0 Å². The highest BCUT2D eigenvalue weighted by molar-refractivity contribution is 5.73. The van der Waals surface area contributed by atoms with E-state index in [9.17, 15) is 4.79 Å². The average Bonchev–Trinajstić information content (AvgIpc) is 1.95. The summed E-state index contributed by atoms with van der Waals surface area (Å²) >= 11 is 0. The van der Waals surface area contributed by atoms with Crippen molar-refractivity contribution in [2.24, 2.45) is 5.92 Å². The van der Waals surface area contributed by atoms with Gasteiger partial charge in [-0.25, -0.2) is 0 Å². The zero-order valence-corrected chi connectivity index (χ0v) is 6.88. The molecule has 0 unspecified atom stereocenters. The molecule has 2 atom stereocenters. The van der Waals surface area contributed by atoms with E-state index in [1.807, 2.05) is 6.92 Å². The molecule has 0 saturated carbocycles. The highest BCUT2D eigenvalue weighted by Crippen LogP contribution is 2.22. The van der Waals surface area contributed by atoms with Crippen molar-refractivity contribution in [2.75, 3.05) is 0 Å². The zero-order chi connectivity index (χ0) is 8.27. The largest absolute Gasteiger partial charge is 0.462 e. The summed E-state index contributed by atoms with van der Waals surface area (Å²) in [6.45, 7) is 5.53. The number of ether oxygens (including phenoxy) is 1. The monoisotopic (exact) mass is 154 g/mol. The second kappa shape index (κ2) is 3.56. The summed E-state index contributed by atoms with van der Waals surface area (Å²) in [5.74, 6) is 0.0207. The molecule has 1 fully saturated rings. The van der Waals surface area contributed by atoms with Gasteiger partial charge in [0.15, 0.2) is 0 Å². The molecule has 0 aliphatic carbocycles. The lowest BCUT2D eigenvalue weighted by atomic mass is 9.95. The highest BCUT2D eigenvalue weighted by Gasteiger charge is 2.26. The molecule has 2 nitrogen and oxygen atoms in total. The zero-order valence-electron chi connectivity index (χ0n) is 6.88. The van der Waals surface area contributed by atoms with Crippen LogP contribution >= 0.6 is 0 Å². The fourth-order valence-electron chi connectivity index (χ4n) is 1.32. The lowest BCUT2D eigenvalue weighted by molar-refractivity contribution is -0.158. The van der Waals surface area contributed by atoms with Crippen molar-refractivity contribution in [2.45, 2.75) is 32.3 Å². The fraction of sp³-hybridized carbons (Fsp3) is 0.667. The van der Waals surface area contributed by atoms with Crippen LogP contribution in [0.1, 0.15) is 26.2 Å². The molecular weight excluding hydrogens is 140 g/mol. The maximum atomic E-state index is 11.1. The van der Waals surface area contributed by atoms with E-state index in [1.54, 1.807) is 6.08 Å². The van der Waals surface area contributed by atoms with Crippen LogP contribution in [0.5, 0.6) is 0 Å². The van der Waals surface area contributed by atoms with Crippen LogP contribution in [0.3, 0.4) is 0 Å². The SMILES string of the molecule is C=CC[C@@H]1CC[C@@H](C)OC1=O. The van der Waals surface area contributed by atoms with Crippen LogP contribution in [-0.4, -0.2) is 12.1 Å². The van der Waals surface area contributed by atoms with E-state index in [4.69, 9.17) is 4.74 Å². The summed E-state index contributed by atoms with van der Waals surface area (Å²) in [5.41, 5.74) is 0. The number of esters is 1. The fourth-order valence-corrected chi connectivity index (χ4v) is 1.32. The minimum atomic E-state index is -0.0522. The van der Waals surface area contributed by atoms with Gasteiger partial charge in [0.1, 0.15) is 0 Å². The molecule has 0 radical (unpaired) electrons. The molecule has 1 heterocycles. The first-order valence-electron chi connectivity index (χ1n) is 4.05. The van der Waals surface area contributed by atoms with E-state index in [1.165, 1.54) is 0 Å². The van der Waals surface area contributed by atoms with Crippen molar-refractivity contribution >= 4 is 5.97 Å². The van der Waals surface area contributed by atoms with Crippen molar-refractivity contribution < 1.29 is 9.53 Å². The standard InChI is InChI=1S/C9H14O2/c1-3-4-8-6-5-7(2)11-9(8)10/h3,7-8H,1,4-6H2,2H3/t7-,8-/m1/s1. The van der Waals surface area contributed by atoms with E-state index >= 15 is 0 Å². The summed E-state index contributed by atoms with van der Waals surface area (Å²) in [5, 5.41) is 0. The quantitative estimate of drug-likeness (QED) is 0.448. The first-order chi connectivity index (χ1) is 5.24. The Kier molecular flexibility index (Phi) is 2.69. The van der Waals surface area contributed by atoms with Gasteiger partial charge in [0, 0.05) is 0 Å². The van der Waals surface area contributed by atoms with Gasteiger partial charge < -0.3 is 4.74 Å². The molecule has 0 spiro atoms. The Morgan fingerprint density at radius 2 is 2.45 bits per heavy atom. The van der Waals surface area contributed by atoms with E-state index in [2.05, 4.69) is 6.58 Å². The van der Waals surface area contributed by atoms with E-state index in [0.717, 1.165) is 19.3 Å². The molecule has 2 heteroatoms. The maximum Gasteiger partial charge on any atom is 0.309 e. The molecule has 62 valence electrons. The summed E-state index contributed by atoms with van der Waals surface area (Å²) in [7, 11) is 0. The van der Waals surface area contributed by atoms with Crippen molar-refractivity contribution in [1.82, 2.24) is 0 Å². The van der Waals surface area contributed by atoms with Gasteiger partial charge in [0.25, 0.3) is 0 Å². The number of allylic oxidation sites excluding steroid dienone is 1. The second-order valence-corrected chi connectivity index (χ2v) is 3.05. The third-order valence-corrected chi connectivity index (χ3v) is 2.02. The van der Waals surface area contributed by atoms with Gasteiger partial charge in [-0.15, -0.1) is 6.58 Å². The Morgan fingerprint density at radius 3 is 3.00 bits per heavy atom. The van der Waals surface area contributed by atoms with Gasteiger partial charge in [0.2, 0.25) is 0 Å². The minimum Gasteiger partial charge on any atom is -0.462 e. The Hall–Kier alpha value is -0.790. The normalized spacial score (nSPS) is 31.2. The molecule has 1 saturated heterocycles. The van der Waals surface area contributed by atoms with Crippen LogP contribution in [0.25, 0.3) is 0 Å². The lowest BCUT2D eigenvalue weighted by Gasteiger charge is -2.24. The molecule has 11 heavy (non-hydrogen) atoms. The number of cyclic esters (lactones) is 1. The first kappa shape index (κ1) is 8.31. The van der Waals surface area contributed by atoms with Crippen LogP contribution in [0, 0.1) is 5.92 Å². The lowest BCUT2D eigenvalue weighted by Crippen LogP contribution is -2.28. The maximum absolute atomic E-state index is 11.1. The van der Waals surface area contributed by atoms with Crippen LogP contribution < -0.4 is 0 Å². The van der Waals surface area contributed by atoms with Gasteiger partial charge in [-0.2, -0.15) is 0 Å². The molecular formula is C9H14O2. The Labute approximate surface area is 67.2 Å². The topological polar surface area (TPSA) is 26.3 Å². The van der Waals surface area contributed by atoms with E-state index < -0.39 is 0 Å². The van der Waals surface area contributed by atoms with Gasteiger partial charge in [-0.3, -0.25) is 4.79 Å². The number of rotatable bonds is 2. The molecule has 1 aliphatic rings. The highest BCUT2D eigenvalue weighted by atomic mass is 16.5. The molecule has 0 aromatic heterocycles. The van der Waals surface area contributed by atoms with Crippen LogP contribution in [0.15, 0.2) is 12.7 Å². The smallest absolute Gasteiger partial charge is 0.309 e. The van der Waals surface area contributed by atoms with Crippen molar-refractivity contribution in [1.29, 1.82) is 0 Å². The van der Waals surface area contributed by atoms with Gasteiger partial charge in [0.05, 0.1) is 12.0 Å². The molecule has 1 aliphatic heterocycles. The van der Waals surface area contributed by atoms with E-state index in [-0.39, 0.29) is 18.0 Å². The Bertz CT molecular complexity index is 163. The summed E-state index contributed by atoms with van der Waals surface area (Å²) in [6.07, 6.45) is 4.59. The first-order valence-corrected chi connectivity index (χ1v) is 4.05. The molecule has 0 bridgehead atoms. The van der Waals surface area contributed by atoms with Crippen molar-refractivity contribution in [3.05, 3.63) is 12.7 Å². The van der Waals surface area contributed by atoms with Gasteiger partial charge in [-0.05, 0) is 26.2 Å². The van der Waals surface area contributed by atoms with Gasteiger partial charge in [-0.1, -0.05) is 6.08 Å². The van der Waals surface area contributed by atoms with Crippen molar-refractivity contribution in [3.8, 4) is 0 Å². The third-order valence-electron chi connectivity index (χ3n) is 2.02. The summed E-state index contributed by atoms with van der Waals surface area (Å²) < 4.78 is 5.06. The molecule has 0 aromatic rings. The van der Waals surface area contributed by atoms with Crippen LogP contribution in [0.4, 0.5) is 0 Å². The predicted molar refractivity (Wildman–Crippen MR) is 43.1 cm³/mol. The van der Waals surface area contributed by atoms with Crippen molar-refractivity contribution in [3.63, 3.8) is 0 Å². The minimum absolute atomic E-state index is 0.0522. The number of hydrogen-bond donors (Lipinski definition) is 0. The molecule has 0 N–H and O–H groups in total. The Balaban J connectivity index is 2.43. The molecule has 0 aromatic carbocycles. The number of carbonyl (C=O) groups excluding carboxylic acids is 1. The molecule has 0 amide bonds. The Morgan fingerprint density at radius 1 is 1.73 bits per heavy atom. The third kappa shape index (κ3) is 2.07. The van der Waals surface area contributed by atoms with Gasteiger partial charge >= 0.3 is 5.97 Å². The van der Waals surface area contributed by atoms with E-state index in [0.29, 0.717) is 0 Å². The van der Waals surface area contributed by atoms with Crippen LogP contribution in [-0.2, 0) is 9.53 Å². The molecule has 1 rings (SSSR count). The predicted octanol–water partition coefficient (Wildman–Crippen LogP) is 1.90. The second-order valence-electron chi connectivity index (χ2n) is 3.05. The number of hydrogen-bond acceptors (Lipinski definition) is 2. The summed E-state index contributed by atoms with van der Waals surface area (Å²) in [4.78, 5) is 11.1.